The third kappa shape index (κ3) is 4.38. The first-order chi connectivity index (χ1) is 10.8. The summed E-state index contributed by atoms with van der Waals surface area (Å²) in [7, 11) is -3.65. The maximum absolute atomic E-state index is 12.8. The number of carbonyl (C=O) groups is 1. The number of thiophene rings is 1. The van der Waals surface area contributed by atoms with Crippen LogP contribution < -0.4 is 0 Å². The van der Waals surface area contributed by atoms with E-state index in [0.717, 1.165) is 8.66 Å². The van der Waals surface area contributed by atoms with Gasteiger partial charge in [-0.25, -0.2) is 8.42 Å². The molecule has 122 valence electrons. The SMILES string of the molecule is C=CCN(Cc1ccc(Br)s1)S(=O)(=O)c1ccc(C(C)=O)cc1. The van der Waals surface area contributed by atoms with Crippen molar-refractivity contribution in [3.63, 3.8) is 0 Å². The van der Waals surface area contributed by atoms with Gasteiger partial charge < -0.3 is 0 Å². The minimum atomic E-state index is -3.65. The molecule has 7 heteroatoms. The molecule has 0 atom stereocenters. The second-order valence-corrected chi connectivity index (χ2v) is 9.36. The Morgan fingerprint density at radius 2 is 1.91 bits per heavy atom. The first-order valence-electron chi connectivity index (χ1n) is 6.81. The molecule has 1 heterocycles. The molecule has 0 spiro atoms. The monoisotopic (exact) mass is 413 g/mol. The smallest absolute Gasteiger partial charge is 0.243 e. The lowest BCUT2D eigenvalue weighted by Crippen LogP contribution is -2.30. The average Bonchev–Trinajstić information content (AvgIpc) is 2.92. The zero-order chi connectivity index (χ0) is 17.0. The molecule has 0 amide bonds. The Hall–Kier alpha value is -1.28. The third-order valence-corrected chi connectivity index (χ3v) is 6.63. The van der Waals surface area contributed by atoms with Gasteiger partial charge in [-0.05, 0) is 47.1 Å². The third-order valence-electron chi connectivity index (χ3n) is 3.19. The Bertz CT molecular complexity index is 810. The molecule has 0 bridgehead atoms. The molecule has 1 aromatic heterocycles. The normalized spacial score (nSPS) is 11.6. The van der Waals surface area contributed by atoms with Crippen LogP contribution in [0.4, 0.5) is 0 Å². The van der Waals surface area contributed by atoms with Crippen molar-refractivity contribution in [3.05, 3.63) is 63.3 Å². The van der Waals surface area contributed by atoms with Crippen LogP contribution in [0.1, 0.15) is 22.2 Å². The van der Waals surface area contributed by atoms with Crippen LogP contribution in [0.5, 0.6) is 0 Å². The number of rotatable bonds is 7. The maximum Gasteiger partial charge on any atom is 0.243 e. The second-order valence-electron chi connectivity index (χ2n) is 4.87. The number of Topliss-reactive ketones (excluding diaryl/α,β-unsaturated/α-hetero) is 1. The van der Waals surface area contributed by atoms with Crippen LogP contribution in [-0.4, -0.2) is 25.1 Å². The van der Waals surface area contributed by atoms with Crippen LogP contribution in [0.2, 0.25) is 0 Å². The molecule has 23 heavy (non-hydrogen) atoms. The Morgan fingerprint density at radius 1 is 1.26 bits per heavy atom. The summed E-state index contributed by atoms with van der Waals surface area (Å²) in [5.74, 6) is -0.0969. The van der Waals surface area contributed by atoms with Crippen LogP contribution in [0.3, 0.4) is 0 Å². The molecule has 0 fully saturated rings. The number of hydrogen-bond donors (Lipinski definition) is 0. The van der Waals surface area contributed by atoms with Crippen LogP contribution in [0, 0.1) is 0 Å². The predicted octanol–water partition coefficient (Wildman–Crippen LogP) is 4.09. The van der Waals surface area contributed by atoms with Crippen molar-refractivity contribution >= 4 is 43.1 Å². The fourth-order valence-corrected chi connectivity index (χ4v) is 4.98. The minimum Gasteiger partial charge on any atom is -0.295 e. The van der Waals surface area contributed by atoms with E-state index in [-0.39, 0.29) is 23.8 Å². The summed E-state index contributed by atoms with van der Waals surface area (Å²) in [6.07, 6.45) is 1.56. The zero-order valence-electron chi connectivity index (χ0n) is 12.5. The lowest BCUT2D eigenvalue weighted by molar-refractivity contribution is 0.101. The topological polar surface area (TPSA) is 54.5 Å². The summed E-state index contributed by atoms with van der Waals surface area (Å²) in [4.78, 5) is 12.4. The highest BCUT2D eigenvalue weighted by Crippen LogP contribution is 2.26. The van der Waals surface area contributed by atoms with Crippen molar-refractivity contribution in [2.24, 2.45) is 0 Å². The number of carbonyl (C=O) groups excluding carboxylic acids is 1. The fourth-order valence-electron chi connectivity index (χ4n) is 2.01. The van der Waals surface area contributed by atoms with Gasteiger partial charge in [-0.15, -0.1) is 17.9 Å². The minimum absolute atomic E-state index is 0.0969. The van der Waals surface area contributed by atoms with Crippen LogP contribution >= 0.6 is 27.3 Å². The standard InChI is InChI=1S/C16H16BrNO3S2/c1-3-10-18(11-14-6-9-16(17)22-14)23(20,21)15-7-4-13(5-8-15)12(2)19/h3-9H,1,10-11H2,2H3. The van der Waals surface area contributed by atoms with Gasteiger partial charge in [0.2, 0.25) is 10.0 Å². The van der Waals surface area contributed by atoms with E-state index in [1.165, 1.54) is 46.8 Å². The van der Waals surface area contributed by atoms with Crippen molar-refractivity contribution in [3.8, 4) is 0 Å². The van der Waals surface area contributed by atoms with E-state index >= 15 is 0 Å². The number of nitrogens with zero attached hydrogens (tertiary/aromatic N) is 1. The first kappa shape index (κ1) is 18.1. The lowest BCUT2D eigenvalue weighted by atomic mass is 10.2. The highest BCUT2D eigenvalue weighted by molar-refractivity contribution is 9.11. The summed E-state index contributed by atoms with van der Waals surface area (Å²) in [5, 5.41) is 0. The molecule has 0 N–H and O–H groups in total. The number of halogens is 1. The maximum atomic E-state index is 12.8. The van der Waals surface area contributed by atoms with Crippen molar-refractivity contribution in [2.75, 3.05) is 6.54 Å². The van der Waals surface area contributed by atoms with E-state index in [4.69, 9.17) is 0 Å². The van der Waals surface area contributed by atoms with Crippen molar-refractivity contribution < 1.29 is 13.2 Å². The van der Waals surface area contributed by atoms with E-state index in [1.807, 2.05) is 12.1 Å². The summed E-state index contributed by atoms with van der Waals surface area (Å²) >= 11 is 4.87. The molecule has 2 aromatic rings. The predicted molar refractivity (Wildman–Crippen MR) is 96.3 cm³/mol. The molecule has 0 saturated heterocycles. The van der Waals surface area contributed by atoms with Crippen LogP contribution in [-0.2, 0) is 16.6 Å². The van der Waals surface area contributed by atoms with E-state index in [0.29, 0.717) is 5.56 Å². The van der Waals surface area contributed by atoms with Crippen LogP contribution in [0.25, 0.3) is 0 Å². The summed E-state index contributed by atoms with van der Waals surface area (Å²) in [5.41, 5.74) is 0.487. The molecular formula is C16H16BrNO3S2. The summed E-state index contributed by atoms with van der Waals surface area (Å²) in [6, 6.07) is 9.77. The van der Waals surface area contributed by atoms with Crippen molar-refractivity contribution in [2.45, 2.75) is 18.4 Å². The van der Waals surface area contributed by atoms with E-state index in [2.05, 4.69) is 22.5 Å². The van der Waals surface area contributed by atoms with Crippen molar-refractivity contribution in [1.82, 2.24) is 4.31 Å². The number of hydrogen-bond acceptors (Lipinski definition) is 4. The molecule has 0 saturated carbocycles. The van der Waals surface area contributed by atoms with Gasteiger partial charge in [0.05, 0.1) is 8.68 Å². The van der Waals surface area contributed by atoms with E-state index < -0.39 is 10.0 Å². The zero-order valence-corrected chi connectivity index (χ0v) is 15.7. The van der Waals surface area contributed by atoms with Gasteiger partial charge in [-0.1, -0.05) is 18.2 Å². The van der Waals surface area contributed by atoms with Gasteiger partial charge in [0.15, 0.2) is 5.78 Å². The number of sulfonamides is 1. The average molecular weight is 414 g/mol. The Morgan fingerprint density at radius 3 is 2.39 bits per heavy atom. The molecule has 4 nitrogen and oxygen atoms in total. The largest absolute Gasteiger partial charge is 0.295 e. The fraction of sp³-hybridized carbons (Fsp3) is 0.188. The Labute approximate surface area is 148 Å². The molecule has 0 aliphatic carbocycles. The van der Waals surface area contributed by atoms with Gasteiger partial charge in [0, 0.05) is 23.5 Å². The van der Waals surface area contributed by atoms with Gasteiger partial charge in [-0.2, -0.15) is 4.31 Å². The van der Waals surface area contributed by atoms with Crippen LogP contribution in [0.15, 0.2) is 57.7 Å². The highest BCUT2D eigenvalue weighted by Gasteiger charge is 2.24. The molecule has 0 unspecified atom stereocenters. The van der Waals surface area contributed by atoms with Gasteiger partial charge in [0.25, 0.3) is 0 Å². The molecular weight excluding hydrogens is 398 g/mol. The summed E-state index contributed by atoms with van der Waals surface area (Å²) < 4.78 is 27.9. The summed E-state index contributed by atoms with van der Waals surface area (Å²) in [6.45, 7) is 5.57. The molecule has 2 rings (SSSR count). The van der Waals surface area contributed by atoms with Gasteiger partial charge in [0.1, 0.15) is 0 Å². The quantitative estimate of drug-likeness (QED) is 0.507. The number of benzene rings is 1. The molecule has 0 radical (unpaired) electrons. The number of ketones is 1. The lowest BCUT2D eigenvalue weighted by Gasteiger charge is -2.20. The first-order valence-corrected chi connectivity index (χ1v) is 9.86. The second kappa shape index (κ2) is 7.53. The van der Waals surface area contributed by atoms with E-state index in [1.54, 1.807) is 6.08 Å². The Balaban J connectivity index is 2.31. The molecule has 0 aliphatic heterocycles. The molecule has 0 aliphatic rings. The van der Waals surface area contributed by atoms with Gasteiger partial charge >= 0.3 is 0 Å². The Kier molecular flexibility index (Phi) is 5.91. The highest BCUT2D eigenvalue weighted by atomic mass is 79.9. The van der Waals surface area contributed by atoms with E-state index in [9.17, 15) is 13.2 Å². The molecule has 1 aromatic carbocycles. The van der Waals surface area contributed by atoms with Gasteiger partial charge in [-0.3, -0.25) is 4.79 Å². The van der Waals surface area contributed by atoms with Crippen molar-refractivity contribution in [1.29, 1.82) is 0 Å².